The number of amides is 1. The predicted molar refractivity (Wildman–Crippen MR) is 110 cm³/mol. The molecule has 4 rings (SSSR count). The Balaban J connectivity index is 1.86. The van der Waals surface area contributed by atoms with Crippen molar-refractivity contribution in [2.75, 3.05) is 27.2 Å². The molecule has 0 fully saturated rings. The van der Waals surface area contributed by atoms with Gasteiger partial charge in [0.15, 0.2) is 5.43 Å². The Morgan fingerprint density at radius 3 is 2.50 bits per heavy atom. The monoisotopic (exact) mass is 396 g/mol. The maximum Gasteiger partial charge on any atom is 0.290 e. The predicted octanol–water partition coefficient (Wildman–Crippen LogP) is 3.94. The second-order valence-corrected chi connectivity index (χ2v) is 7.72. The molecule has 0 aliphatic carbocycles. The van der Waals surface area contributed by atoms with E-state index in [2.05, 4.69) is 4.90 Å². The highest BCUT2D eigenvalue weighted by atomic mass is 35.5. The molecule has 2 heterocycles. The van der Waals surface area contributed by atoms with E-state index in [0.717, 1.165) is 18.5 Å². The lowest BCUT2D eigenvalue weighted by Gasteiger charge is -2.25. The first kappa shape index (κ1) is 18.7. The molecule has 0 unspecified atom stereocenters. The van der Waals surface area contributed by atoms with Crippen LogP contribution in [0.1, 0.15) is 34.1 Å². The Bertz CT molecular complexity index is 1090. The van der Waals surface area contributed by atoms with E-state index >= 15 is 0 Å². The zero-order valence-corrected chi connectivity index (χ0v) is 16.6. The average Bonchev–Trinajstić information content (AvgIpc) is 2.95. The highest BCUT2D eigenvalue weighted by molar-refractivity contribution is 6.30. The molecule has 144 valence electrons. The number of nitrogens with zero attached hydrogens (tertiary/aromatic N) is 2. The van der Waals surface area contributed by atoms with Crippen LogP contribution in [0.4, 0.5) is 0 Å². The minimum absolute atomic E-state index is 0.147. The number of hydrogen-bond donors (Lipinski definition) is 0. The first-order valence-corrected chi connectivity index (χ1v) is 9.62. The van der Waals surface area contributed by atoms with Crippen molar-refractivity contribution in [1.82, 2.24) is 9.80 Å². The summed E-state index contributed by atoms with van der Waals surface area (Å²) in [5.74, 6) is -0.0925. The minimum Gasteiger partial charge on any atom is -0.450 e. The smallest absolute Gasteiger partial charge is 0.290 e. The van der Waals surface area contributed by atoms with Crippen molar-refractivity contribution in [3.63, 3.8) is 0 Å². The lowest BCUT2D eigenvalue weighted by molar-refractivity contribution is 0.0722. The molecule has 1 aliphatic heterocycles. The summed E-state index contributed by atoms with van der Waals surface area (Å²) in [7, 11) is 3.99. The Kier molecular flexibility index (Phi) is 4.96. The van der Waals surface area contributed by atoms with Gasteiger partial charge in [0.25, 0.3) is 5.91 Å². The molecule has 0 saturated heterocycles. The molecule has 0 radical (unpaired) electrons. The van der Waals surface area contributed by atoms with Gasteiger partial charge in [-0.2, -0.15) is 0 Å². The summed E-state index contributed by atoms with van der Waals surface area (Å²) in [6.07, 6.45) is 0.796. The van der Waals surface area contributed by atoms with Crippen LogP contribution in [0.5, 0.6) is 0 Å². The molecule has 1 atom stereocenters. The van der Waals surface area contributed by atoms with Gasteiger partial charge in [0.05, 0.1) is 17.0 Å². The molecule has 28 heavy (non-hydrogen) atoms. The topological polar surface area (TPSA) is 53.8 Å². The molecule has 6 heteroatoms. The Morgan fingerprint density at radius 2 is 1.79 bits per heavy atom. The number of hydrogen-bond acceptors (Lipinski definition) is 4. The number of carbonyl (C=O) groups excluding carboxylic acids is 1. The van der Waals surface area contributed by atoms with Crippen molar-refractivity contribution in [2.45, 2.75) is 12.5 Å². The third-order valence-corrected chi connectivity index (χ3v) is 5.32. The summed E-state index contributed by atoms with van der Waals surface area (Å²) >= 11 is 6.05. The van der Waals surface area contributed by atoms with Gasteiger partial charge >= 0.3 is 0 Å². The molecule has 3 aromatic rings. The summed E-state index contributed by atoms with van der Waals surface area (Å²) < 4.78 is 5.90. The lowest BCUT2D eigenvalue weighted by atomic mass is 9.98. The van der Waals surface area contributed by atoms with Gasteiger partial charge in [0.1, 0.15) is 5.58 Å². The molecular weight excluding hydrogens is 376 g/mol. The first-order valence-electron chi connectivity index (χ1n) is 9.24. The average molecular weight is 397 g/mol. The maximum atomic E-state index is 13.3. The molecule has 2 aromatic carbocycles. The summed E-state index contributed by atoms with van der Waals surface area (Å²) in [6, 6.07) is 13.9. The summed E-state index contributed by atoms with van der Waals surface area (Å²) in [6.45, 7) is 1.38. The van der Waals surface area contributed by atoms with Gasteiger partial charge in [0.2, 0.25) is 5.76 Å². The first-order chi connectivity index (χ1) is 13.5. The minimum atomic E-state index is -0.470. The molecular formula is C22H21ClN2O3. The SMILES string of the molecule is CN(C)CCCN1C(=O)c2oc3ccccc3c(=O)c2[C@@H]1c1ccc(Cl)cc1. The zero-order valence-electron chi connectivity index (χ0n) is 15.8. The van der Waals surface area contributed by atoms with Gasteiger partial charge in [-0.15, -0.1) is 0 Å². The van der Waals surface area contributed by atoms with Crippen LogP contribution in [0.3, 0.4) is 0 Å². The largest absolute Gasteiger partial charge is 0.450 e. The van der Waals surface area contributed by atoms with E-state index in [4.69, 9.17) is 16.0 Å². The number of rotatable bonds is 5. The molecule has 1 amide bonds. The van der Waals surface area contributed by atoms with Crippen molar-refractivity contribution in [2.24, 2.45) is 0 Å². The fourth-order valence-electron chi connectivity index (χ4n) is 3.75. The number of halogens is 1. The van der Waals surface area contributed by atoms with Crippen molar-refractivity contribution in [3.05, 3.63) is 80.7 Å². The molecule has 0 N–H and O–H groups in total. The number of para-hydroxylation sites is 1. The summed E-state index contributed by atoms with van der Waals surface area (Å²) in [5, 5.41) is 1.10. The fourth-order valence-corrected chi connectivity index (χ4v) is 3.87. The van der Waals surface area contributed by atoms with Gasteiger partial charge in [0, 0.05) is 11.6 Å². The highest BCUT2D eigenvalue weighted by Gasteiger charge is 2.42. The molecule has 1 aromatic heterocycles. The Labute approximate surface area is 168 Å². The lowest BCUT2D eigenvalue weighted by Crippen LogP contribution is -2.32. The van der Waals surface area contributed by atoms with E-state index in [1.54, 1.807) is 41.3 Å². The van der Waals surface area contributed by atoms with Gasteiger partial charge in [-0.05, 0) is 56.9 Å². The molecule has 1 aliphatic rings. The Morgan fingerprint density at radius 1 is 1.07 bits per heavy atom. The van der Waals surface area contributed by atoms with E-state index in [-0.39, 0.29) is 17.1 Å². The van der Waals surface area contributed by atoms with Crippen molar-refractivity contribution in [3.8, 4) is 0 Å². The zero-order chi connectivity index (χ0) is 19.8. The van der Waals surface area contributed by atoms with E-state index in [1.165, 1.54) is 0 Å². The van der Waals surface area contributed by atoms with Crippen molar-refractivity contribution in [1.29, 1.82) is 0 Å². The number of fused-ring (bicyclic) bond motifs is 2. The Hall–Kier alpha value is -2.63. The summed E-state index contributed by atoms with van der Waals surface area (Å²) in [5.41, 5.74) is 1.55. The quantitative estimate of drug-likeness (QED) is 0.655. The third-order valence-electron chi connectivity index (χ3n) is 5.06. The highest BCUT2D eigenvalue weighted by Crippen LogP contribution is 2.38. The van der Waals surface area contributed by atoms with Crippen LogP contribution in [-0.2, 0) is 0 Å². The molecule has 0 spiro atoms. The van der Waals surface area contributed by atoms with Crippen molar-refractivity contribution < 1.29 is 9.21 Å². The standard InChI is InChI=1S/C22H21ClN2O3/c1-24(2)12-5-13-25-19(14-8-10-15(23)11-9-14)18-20(26)16-6-3-4-7-17(16)28-21(18)22(25)27/h3-4,6-11,19H,5,12-13H2,1-2H3/t19-/m0/s1. The van der Waals surface area contributed by atoms with Crippen LogP contribution in [0.2, 0.25) is 5.02 Å². The summed E-state index contributed by atoms with van der Waals surface area (Å²) in [4.78, 5) is 30.3. The van der Waals surface area contributed by atoms with Gasteiger partial charge in [-0.25, -0.2) is 0 Å². The van der Waals surface area contributed by atoms with Crippen LogP contribution >= 0.6 is 11.6 Å². The van der Waals surface area contributed by atoms with E-state index in [0.29, 0.717) is 28.1 Å². The fraction of sp³-hybridized carbons (Fsp3) is 0.273. The van der Waals surface area contributed by atoms with E-state index in [1.807, 2.05) is 26.2 Å². The molecule has 5 nitrogen and oxygen atoms in total. The van der Waals surface area contributed by atoms with Crippen molar-refractivity contribution >= 4 is 28.5 Å². The third kappa shape index (κ3) is 3.21. The van der Waals surface area contributed by atoms with Gasteiger partial charge in [-0.3, -0.25) is 9.59 Å². The van der Waals surface area contributed by atoms with Gasteiger partial charge in [-0.1, -0.05) is 35.9 Å². The van der Waals surface area contributed by atoms with Crippen LogP contribution in [0.15, 0.2) is 57.7 Å². The maximum absolute atomic E-state index is 13.3. The van der Waals surface area contributed by atoms with Crippen LogP contribution < -0.4 is 5.43 Å². The number of benzene rings is 2. The van der Waals surface area contributed by atoms with Crippen LogP contribution in [0.25, 0.3) is 11.0 Å². The second kappa shape index (κ2) is 7.41. The number of carbonyl (C=O) groups is 1. The molecule has 0 bridgehead atoms. The normalized spacial score (nSPS) is 16.2. The van der Waals surface area contributed by atoms with Crippen LogP contribution in [0, 0.1) is 0 Å². The second-order valence-electron chi connectivity index (χ2n) is 7.28. The van der Waals surface area contributed by atoms with E-state index < -0.39 is 6.04 Å². The van der Waals surface area contributed by atoms with Gasteiger partial charge < -0.3 is 14.2 Å². The van der Waals surface area contributed by atoms with E-state index in [9.17, 15) is 9.59 Å². The molecule has 0 saturated carbocycles. The van der Waals surface area contributed by atoms with Crippen LogP contribution in [-0.4, -0.2) is 42.9 Å².